The first-order valence-electron chi connectivity index (χ1n) is 14.3. The van der Waals surface area contributed by atoms with Crippen molar-refractivity contribution in [3.63, 3.8) is 0 Å². The Morgan fingerprint density at radius 1 is 0.825 bits per heavy atom. The maximum Gasteiger partial charge on any atom is 0.224 e. The van der Waals surface area contributed by atoms with E-state index in [-0.39, 0.29) is 18.8 Å². The largest absolute Gasteiger partial charge is 0.365 e. The van der Waals surface area contributed by atoms with Gasteiger partial charge in [0.05, 0.1) is 13.2 Å². The molecule has 3 aromatic rings. The standard InChI is InChI=1S/C34H38O6/c1-33(2)37-24-34(40-33)32(35-22-26-18-20-28(21-19-26)27-15-9-5-10-16-27)31-29(23-36-34)38-30(39-31)17-11-4-8-14-25-12-6-3-7-13-25/h3,5-7,9-13,15-21,29-32H,4,8,14,22-24H2,1-2H3/b17-11-/t29-,30-,31-,32+,34+/m1/s1. The lowest BCUT2D eigenvalue weighted by atomic mass is 9.97. The molecule has 6 nitrogen and oxygen atoms in total. The number of rotatable bonds is 9. The van der Waals surface area contributed by atoms with Crippen molar-refractivity contribution in [1.29, 1.82) is 0 Å². The normalized spacial score (nSPS) is 29.2. The summed E-state index contributed by atoms with van der Waals surface area (Å²) in [6.07, 6.45) is 5.68. The van der Waals surface area contributed by atoms with E-state index in [1.807, 2.05) is 44.2 Å². The van der Waals surface area contributed by atoms with Crippen LogP contribution in [-0.2, 0) is 41.4 Å². The second kappa shape index (κ2) is 12.0. The van der Waals surface area contributed by atoms with Gasteiger partial charge in [0.1, 0.15) is 24.9 Å². The lowest BCUT2D eigenvalue weighted by Gasteiger charge is -2.43. The summed E-state index contributed by atoms with van der Waals surface area (Å²) in [5.74, 6) is -1.82. The molecule has 0 bridgehead atoms. The highest BCUT2D eigenvalue weighted by atomic mass is 16.9. The third-order valence-electron chi connectivity index (χ3n) is 7.69. The number of hydrogen-bond donors (Lipinski definition) is 0. The molecule has 3 aliphatic rings. The number of allylic oxidation sites excluding steroid dienone is 1. The first kappa shape index (κ1) is 27.3. The molecule has 0 saturated carbocycles. The fourth-order valence-corrected chi connectivity index (χ4v) is 5.64. The van der Waals surface area contributed by atoms with Crippen LogP contribution in [0.2, 0.25) is 0 Å². The molecule has 6 heteroatoms. The van der Waals surface area contributed by atoms with Crippen LogP contribution in [0.25, 0.3) is 11.1 Å². The third-order valence-corrected chi connectivity index (χ3v) is 7.69. The van der Waals surface area contributed by atoms with Crippen LogP contribution < -0.4 is 0 Å². The van der Waals surface area contributed by atoms with Crippen molar-refractivity contribution < 1.29 is 28.4 Å². The predicted molar refractivity (Wildman–Crippen MR) is 152 cm³/mol. The first-order valence-corrected chi connectivity index (χ1v) is 14.3. The highest BCUT2D eigenvalue weighted by Gasteiger charge is 2.62. The van der Waals surface area contributed by atoms with Gasteiger partial charge in [-0.05, 0) is 61.4 Å². The Bertz CT molecular complexity index is 1260. The number of aryl methyl sites for hydroxylation is 1. The average molecular weight is 543 g/mol. The quantitative estimate of drug-likeness (QED) is 0.229. The second-order valence-corrected chi connectivity index (χ2v) is 11.2. The molecular weight excluding hydrogens is 504 g/mol. The molecule has 3 heterocycles. The summed E-state index contributed by atoms with van der Waals surface area (Å²) in [6, 6.07) is 29.3. The van der Waals surface area contributed by atoms with Gasteiger partial charge in [0.25, 0.3) is 0 Å². The summed E-state index contributed by atoms with van der Waals surface area (Å²) in [4.78, 5) is 0. The molecule has 0 aromatic heterocycles. The molecule has 6 rings (SSSR count). The topological polar surface area (TPSA) is 55.4 Å². The van der Waals surface area contributed by atoms with E-state index >= 15 is 0 Å². The lowest BCUT2D eigenvalue weighted by Crippen LogP contribution is -2.62. The molecule has 3 fully saturated rings. The van der Waals surface area contributed by atoms with E-state index < -0.39 is 24.0 Å². The molecule has 0 aliphatic carbocycles. The van der Waals surface area contributed by atoms with Crippen LogP contribution in [0, 0.1) is 0 Å². The van der Waals surface area contributed by atoms with E-state index in [9.17, 15) is 0 Å². The highest BCUT2D eigenvalue weighted by molar-refractivity contribution is 5.63. The summed E-state index contributed by atoms with van der Waals surface area (Å²) >= 11 is 0. The predicted octanol–water partition coefficient (Wildman–Crippen LogP) is 6.44. The van der Waals surface area contributed by atoms with E-state index in [2.05, 4.69) is 66.7 Å². The summed E-state index contributed by atoms with van der Waals surface area (Å²) in [5, 5.41) is 0. The van der Waals surface area contributed by atoms with Gasteiger partial charge in [-0.2, -0.15) is 0 Å². The van der Waals surface area contributed by atoms with Gasteiger partial charge >= 0.3 is 0 Å². The van der Waals surface area contributed by atoms with Gasteiger partial charge in [-0.25, -0.2) is 0 Å². The molecular formula is C34H38O6. The minimum atomic E-state index is -1.05. The summed E-state index contributed by atoms with van der Waals surface area (Å²) < 4.78 is 37.7. The molecule has 210 valence electrons. The van der Waals surface area contributed by atoms with Crippen molar-refractivity contribution >= 4 is 0 Å². The lowest BCUT2D eigenvalue weighted by molar-refractivity contribution is -0.335. The SMILES string of the molecule is CC1(C)OC[C@]2(OC[C@H]3O[C@@H](/C=C\CCCc4ccccc4)O[C@H]3[C@@H]2OCc2ccc(-c3ccccc3)cc2)O1. The van der Waals surface area contributed by atoms with Gasteiger partial charge in [-0.15, -0.1) is 0 Å². The Labute approximate surface area is 236 Å². The Kier molecular flexibility index (Phi) is 8.17. The van der Waals surface area contributed by atoms with Crippen LogP contribution in [-0.4, -0.2) is 49.4 Å². The smallest absolute Gasteiger partial charge is 0.224 e. The van der Waals surface area contributed by atoms with E-state index in [4.69, 9.17) is 28.4 Å². The third kappa shape index (κ3) is 6.23. The summed E-state index contributed by atoms with van der Waals surface area (Å²) in [6.45, 7) is 4.80. The van der Waals surface area contributed by atoms with Crippen molar-refractivity contribution in [2.24, 2.45) is 0 Å². The molecule has 5 atom stereocenters. The first-order chi connectivity index (χ1) is 19.5. The minimum absolute atomic E-state index is 0.248. The van der Waals surface area contributed by atoms with Crippen LogP contribution in [0.15, 0.2) is 97.1 Å². The van der Waals surface area contributed by atoms with E-state index in [1.54, 1.807) is 0 Å². The molecule has 3 aromatic carbocycles. The molecule has 3 aliphatic heterocycles. The summed E-state index contributed by atoms with van der Waals surface area (Å²) in [7, 11) is 0. The van der Waals surface area contributed by atoms with Crippen molar-refractivity contribution in [2.75, 3.05) is 13.2 Å². The molecule has 3 saturated heterocycles. The Morgan fingerprint density at radius 3 is 2.27 bits per heavy atom. The van der Waals surface area contributed by atoms with Gasteiger partial charge in [0.15, 0.2) is 12.1 Å². The van der Waals surface area contributed by atoms with Gasteiger partial charge < -0.3 is 28.4 Å². The second-order valence-electron chi connectivity index (χ2n) is 11.2. The fraction of sp³-hybridized carbons (Fsp3) is 0.412. The van der Waals surface area contributed by atoms with Gasteiger partial charge in [0.2, 0.25) is 5.79 Å². The van der Waals surface area contributed by atoms with Crippen molar-refractivity contribution in [1.82, 2.24) is 0 Å². The number of fused-ring (bicyclic) bond motifs is 1. The maximum atomic E-state index is 6.54. The number of unbranched alkanes of at least 4 members (excludes halogenated alkanes) is 1. The van der Waals surface area contributed by atoms with Crippen LogP contribution in [0.3, 0.4) is 0 Å². The maximum absolute atomic E-state index is 6.54. The Morgan fingerprint density at radius 2 is 1.55 bits per heavy atom. The van der Waals surface area contributed by atoms with Crippen LogP contribution >= 0.6 is 0 Å². The van der Waals surface area contributed by atoms with Crippen molar-refractivity contribution in [2.45, 2.75) is 75.9 Å². The molecule has 0 N–H and O–H groups in total. The molecule has 0 amide bonds. The zero-order valence-electron chi connectivity index (χ0n) is 23.2. The van der Waals surface area contributed by atoms with E-state index in [0.717, 1.165) is 24.8 Å². The summed E-state index contributed by atoms with van der Waals surface area (Å²) in [5.41, 5.74) is 4.77. The minimum Gasteiger partial charge on any atom is -0.365 e. The molecule has 40 heavy (non-hydrogen) atoms. The number of ether oxygens (including phenoxy) is 6. The average Bonchev–Trinajstić information content (AvgIpc) is 3.53. The molecule has 0 radical (unpaired) electrons. The van der Waals surface area contributed by atoms with Gasteiger partial charge in [-0.1, -0.05) is 91.0 Å². The molecule has 1 spiro atoms. The van der Waals surface area contributed by atoms with Crippen molar-refractivity contribution in [3.05, 3.63) is 108 Å². The highest BCUT2D eigenvalue weighted by Crippen LogP contribution is 2.44. The Balaban J connectivity index is 1.10. The zero-order chi connectivity index (χ0) is 27.4. The van der Waals surface area contributed by atoms with Crippen molar-refractivity contribution in [3.8, 4) is 11.1 Å². The fourth-order valence-electron chi connectivity index (χ4n) is 5.64. The monoisotopic (exact) mass is 542 g/mol. The molecule has 0 unspecified atom stereocenters. The van der Waals surface area contributed by atoms with Gasteiger partial charge in [-0.3, -0.25) is 0 Å². The number of hydrogen-bond acceptors (Lipinski definition) is 6. The van der Waals surface area contributed by atoms with Crippen LogP contribution in [0.5, 0.6) is 0 Å². The van der Waals surface area contributed by atoms with E-state index in [0.29, 0.717) is 13.2 Å². The van der Waals surface area contributed by atoms with E-state index in [1.165, 1.54) is 16.7 Å². The number of benzene rings is 3. The van der Waals surface area contributed by atoms with Crippen LogP contribution in [0.1, 0.15) is 37.8 Å². The van der Waals surface area contributed by atoms with Gasteiger partial charge in [0, 0.05) is 0 Å². The van der Waals surface area contributed by atoms with Crippen LogP contribution in [0.4, 0.5) is 0 Å². The zero-order valence-corrected chi connectivity index (χ0v) is 23.2. The Hall–Kier alpha value is -2.84.